The molecular weight excluding hydrogens is 326 g/mol. The predicted molar refractivity (Wildman–Crippen MR) is 97.7 cm³/mol. The topological polar surface area (TPSA) is 51.8 Å². The van der Waals surface area contributed by atoms with Crippen LogP contribution in [0.15, 0.2) is 60.9 Å². The fraction of sp³-hybridized carbons (Fsp3) is 0. The Morgan fingerprint density at radius 2 is 1.61 bits per heavy atom. The van der Waals surface area contributed by atoms with Crippen molar-refractivity contribution in [3.05, 3.63) is 65.9 Å². The maximum absolute atomic E-state index is 6.14. The van der Waals surface area contributed by atoms with Gasteiger partial charge in [-0.2, -0.15) is 0 Å². The van der Waals surface area contributed by atoms with Gasteiger partial charge in [0.2, 0.25) is 0 Å². The molecule has 0 unspecified atom stereocenters. The maximum atomic E-state index is 6.14. The van der Waals surface area contributed by atoms with Gasteiger partial charge >= 0.3 is 0 Å². The standard InChI is InChI=1S/C18H12ClN3S/c19-13-8-6-12(7-9-13)16-14(11-4-2-1-3-5-11)15-17(20)21-10-22-18(15)23-16/h1-10H,(H2,20,21,22). The van der Waals surface area contributed by atoms with Gasteiger partial charge in [-0.15, -0.1) is 11.3 Å². The molecule has 0 atom stereocenters. The number of nitrogens with zero attached hydrogens (tertiary/aromatic N) is 2. The van der Waals surface area contributed by atoms with Crippen LogP contribution in [0.5, 0.6) is 0 Å². The molecule has 0 aliphatic carbocycles. The number of aromatic nitrogens is 2. The summed E-state index contributed by atoms with van der Waals surface area (Å²) < 4.78 is 0. The zero-order valence-electron chi connectivity index (χ0n) is 12.0. The Kier molecular flexibility index (Phi) is 3.48. The second-order valence-corrected chi connectivity index (χ2v) is 6.55. The van der Waals surface area contributed by atoms with Crippen molar-refractivity contribution in [2.45, 2.75) is 0 Å². The van der Waals surface area contributed by atoms with Crippen LogP contribution in [0.1, 0.15) is 0 Å². The van der Waals surface area contributed by atoms with Gasteiger partial charge in [0.05, 0.1) is 5.39 Å². The van der Waals surface area contributed by atoms with E-state index in [0.29, 0.717) is 5.82 Å². The summed E-state index contributed by atoms with van der Waals surface area (Å²) >= 11 is 7.64. The van der Waals surface area contributed by atoms with Crippen LogP contribution in [0.3, 0.4) is 0 Å². The summed E-state index contributed by atoms with van der Waals surface area (Å²) in [6, 6.07) is 18.0. The predicted octanol–water partition coefficient (Wildman–Crippen LogP) is 5.26. The molecule has 4 aromatic rings. The first-order valence-corrected chi connectivity index (χ1v) is 8.28. The number of nitrogens with two attached hydrogens (primary N) is 1. The third-order valence-electron chi connectivity index (χ3n) is 3.69. The number of hydrogen-bond donors (Lipinski definition) is 1. The fourth-order valence-corrected chi connectivity index (χ4v) is 3.94. The molecule has 0 aliphatic heterocycles. The number of nitrogen functional groups attached to an aromatic ring is 1. The summed E-state index contributed by atoms with van der Waals surface area (Å²) in [6.07, 6.45) is 1.51. The van der Waals surface area contributed by atoms with E-state index < -0.39 is 0 Å². The van der Waals surface area contributed by atoms with Gasteiger partial charge in [0.25, 0.3) is 0 Å². The van der Waals surface area contributed by atoms with E-state index in [9.17, 15) is 0 Å². The second-order valence-electron chi connectivity index (χ2n) is 5.12. The number of thiophene rings is 1. The Hall–Kier alpha value is -2.43. The minimum absolute atomic E-state index is 0.505. The van der Waals surface area contributed by atoms with Gasteiger partial charge < -0.3 is 5.73 Å². The van der Waals surface area contributed by atoms with Gasteiger partial charge in [-0.1, -0.05) is 54.1 Å². The monoisotopic (exact) mass is 337 g/mol. The highest BCUT2D eigenvalue weighted by Gasteiger charge is 2.18. The molecule has 2 N–H and O–H groups in total. The lowest BCUT2D eigenvalue weighted by Gasteiger charge is -2.06. The molecule has 0 fully saturated rings. The SMILES string of the molecule is Nc1ncnc2sc(-c3ccc(Cl)cc3)c(-c3ccccc3)c12. The molecular formula is C18H12ClN3S. The van der Waals surface area contributed by atoms with Crippen molar-refractivity contribution in [1.82, 2.24) is 9.97 Å². The molecule has 0 amide bonds. The summed E-state index contributed by atoms with van der Waals surface area (Å²) in [6.45, 7) is 0. The van der Waals surface area contributed by atoms with E-state index in [1.807, 2.05) is 42.5 Å². The van der Waals surface area contributed by atoms with E-state index in [-0.39, 0.29) is 0 Å². The zero-order chi connectivity index (χ0) is 15.8. The number of benzene rings is 2. The van der Waals surface area contributed by atoms with Crippen LogP contribution in [0, 0.1) is 0 Å². The van der Waals surface area contributed by atoms with Crippen molar-refractivity contribution in [3.8, 4) is 21.6 Å². The molecule has 0 spiro atoms. The van der Waals surface area contributed by atoms with Crippen molar-refractivity contribution in [3.63, 3.8) is 0 Å². The average molecular weight is 338 g/mol. The Morgan fingerprint density at radius 3 is 2.35 bits per heavy atom. The highest BCUT2D eigenvalue weighted by Crippen LogP contribution is 2.45. The zero-order valence-corrected chi connectivity index (χ0v) is 13.6. The van der Waals surface area contributed by atoms with E-state index in [2.05, 4.69) is 22.1 Å². The van der Waals surface area contributed by atoms with Gasteiger partial charge in [0, 0.05) is 15.5 Å². The van der Waals surface area contributed by atoms with Gasteiger partial charge in [0.15, 0.2) is 0 Å². The molecule has 112 valence electrons. The van der Waals surface area contributed by atoms with Gasteiger partial charge in [0.1, 0.15) is 17.0 Å². The van der Waals surface area contributed by atoms with Crippen LogP contribution in [-0.4, -0.2) is 9.97 Å². The number of anilines is 1. The van der Waals surface area contributed by atoms with Crippen molar-refractivity contribution >= 4 is 39.0 Å². The number of rotatable bonds is 2. The average Bonchev–Trinajstić information content (AvgIpc) is 2.97. The molecule has 0 saturated heterocycles. The van der Waals surface area contributed by atoms with Gasteiger partial charge in [-0.25, -0.2) is 9.97 Å². The van der Waals surface area contributed by atoms with Crippen LogP contribution in [-0.2, 0) is 0 Å². The lowest BCUT2D eigenvalue weighted by molar-refractivity contribution is 1.24. The van der Waals surface area contributed by atoms with E-state index >= 15 is 0 Å². The van der Waals surface area contributed by atoms with Gasteiger partial charge in [-0.05, 0) is 23.3 Å². The summed E-state index contributed by atoms with van der Waals surface area (Å²) in [4.78, 5) is 10.6. The Balaban J connectivity index is 2.08. The molecule has 0 saturated carbocycles. The van der Waals surface area contributed by atoms with E-state index in [4.69, 9.17) is 17.3 Å². The Labute approximate surface area is 142 Å². The molecule has 2 heterocycles. The van der Waals surface area contributed by atoms with Crippen molar-refractivity contribution in [2.24, 2.45) is 0 Å². The van der Waals surface area contributed by atoms with Crippen molar-refractivity contribution < 1.29 is 0 Å². The van der Waals surface area contributed by atoms with Crippen LogP contribution in [0.25, 0.3) is 31.8 Å². The second kappa shape index (κ2) is 5.65. The summed E-state index contributed by atoms with van der Waals surface area (Å²) in [7, 11) is 0. The van der Waals surface area contributed by atoms with Crippen molar-refractivity contribution in [1.29, 1.82) is 0 Å². The normalized spacial score (nSPS) is 11.0. The highest BCUT2D eigenvalue weighted by molar-refractivity contribution is 7.22. The minimum atomic E-state index is 0.505. The van der Waals surface area contributed by atoms with E-state index in [1.54, 1.807) is 11.3 Å². The largest absolute Gasteiger partial charge is 0.383 e. The molecule has 5 heteroatoms. The molecule has 2 aromatic heterocycles. The summed E-state index contributed by atoms with van der Waals surface area (Å²) in [5, 5.41) is 1.63. The number of halogens is 1. The first kappa shape index (κ1) is 14.2. The Bertz CT molecular complexity index is 979. The van der Waals surface area contributed by atoms with E-state index in [0.717, 1.165) is 36.8 Å². The quantitative estimate of drug-likeness (QED) is 0.542. The fourth-order valence-electron chi connectivity index (χ4n) is 2.64. The molecule has 4 rings (SSSR count). The van der Waals surface area contributed by atoms with Gasteiger partial charge in [-0.3, -0.25) is 0 Å². The third-order valence-corrected chi connectivity index (χ3v) is 5.09. The molecule has 0 bridgehead atoms. The number of hydrogen-bond acceptors (Lipinski definition) is 4. The van der Waals surface area contributed by atoms with E-state index in [1.165, 1.54) is 6.33 Å². The molecule has 3 nitrogen and oxygen atoms in total. The summed E-state index contributed by atoms with van der Waals surface area (Å²) in [5.74, 6) is 0.505. The minimum Gasteiger partial charge on any atom is -0.383 e. The lowest BCUT2D eigenvalue weighted by atomic mass is 10.00. The smallest absolute Gasteiger partial charge is 0.136 e. The maximum Gasteiger partial charge on any atom is 0.136 e. The molecule has 2 aromatic carbocycles. The number of fused-ring (bicyclic) bond motifs is 1. The first-order valence-electron chi connectivity index (χ1n) is 7.08. The third kappa shape index (κ3) is 2.46. The molecule has 0 aliphatic rings. The van der Waals surface area contributed by atoms with Crippen LogP contribution in [0.4, 0.5) is 5.82 Å². The summed E-state index contributed by atoms with van der Waals surface area (Å²) in [5.41, 5.74) is 9.41. The van der Waals surface area contributed by atoms with Crippen LogP contribution < -0.4 is 5.73 Å². The Morgan fingerprint density at radius 1 is 0.870 bits per heavy atom. The van der Waals surface area contributed by atoms with Crippen LogP contribution in [0.2, 0.25) is 5.02 Å². The molecule has 0 radical (unpaired) electrons. The van der Waals surface area contributed by atoms with Crippen molar-refractivity contribution in [2.75, 3.05) is 5.73 Å². The highest BCUT2D eigenvalue weighted by atomic mass is 35.5. The first-order chi connectivity index (χ1) is 11.2. The molecule has 23 heavy (non-hydrogen) atoms. The van der Waals surface area contributed by atoms with Crippen LogP contribution >= 0.6 is 22.9 Å². The lowest BCUT2D eigenvalue weighted by Crippen LogP contribution is -1.92.